The lowest BCUT2D eigenvalue weighted by Crippen LogP contribution is -2.40. The van der Waals surface area contributed by atoms with Crippen molar-refractivity contribution in [2.75, 3.05) is 23.3 Å². The number of nitrogens with zero attached hydrogens (tertiary/aromatic N) is 7. The summed E-state index contributed by atoms with van der Waals surface area (Å²) in [6.45, 7) is 2.36. The third-order valence-electron chi connectivity index (χ3n) is 6.50. The monoisotopic (exact) mass is 502 g/mol. The Morgan fingerprint density at radius 3 is 2.62 bits per heavy atom. The average Bonchev–Trinajstić information content (AvgIpc) is 3.25. The fourth-order valence-electron chi connectivity index (χ4n) is 4.41. The zero-order valence-corrected chi connectivity index (χ0v) is 20.3. The molecule has 1 aliphatic rings. The molecule has 6 rings (SSSR count). The third-order valence-corrected chi connectivity index (χ3v) is 6.50. The maximum atomic E-state index is 13.6. The standard InChI is InChI=1S/C26H24F2N8O/c1-16-11-17(3-6-22(16)37-18-4-5-21-19(12-18)32-15-35(21)2)33-24-23-20(30-14-31-24)13-29-25(34-23)36-9-7-26(27,28)8-10-36/h3-6,11-15H,7-10H2,1-2H3,(H,30,31,33). The smallest absolute Gasteiger partial charge is 0.251 e. The molecule has 37 heavy (non-hydrogen) atoms. The van der Waals surface area contributed by atoms with Crippen LogP contribution in [-0.4, -0.2) is 48.5 Å². The van der Waals surface area contributed by atoms with Crippen LogP contribution in [0.1, 0.15) is 18.4 Å². The molecule has 0 spiro atoms. The molecule has 1 aliphatic heterocycles. The van der Waals surface area contributed by atoms with Gasteiger partial charge in [-0.05, 0) is 42.8 Å². The van der Waals surface area contributed by atoms with E-state index < -0.39 is 5.92 Å². The molecule has 0 amide bonds. The maximum absolute atomic E-state index is 13.6. The number of fused-ring (bicyclic) bond motifs is 2. The summed E-state index contributed by atoms with van der Waals surface area (Å²) in [5.41, 5.74) is 4.70. The summed E-state index contributed by atoms with van der Waals surface area (Å²) in [5.74, 6) is -0.311. The zero-order valence-electron chi connectivity index (χ0n) is 20.3. The van der Waals surface area contributed by atoms with Gasteiger partial charge in [-0.25, -0.2) is 33.7 Å². The molecule has 5 aromatic rings. The maximum Gasteiger partial charge on any atom is 0.251 e. The van der Waals surface area contributed by atoms with Crippen molar-refractivity contribution in [3.05, 3.63) is 60.8 Å². The van der Waals surface area contributed by atoms with E-state index in [2.05, 4.69) is 30.2 Å². The van der Waals surface area contributed by atoms with Gasteiger partial charge in [0, 0.05) is 44.7 Å². The quantitative estimate of drug-likeness (QED) is 0.342. The lowest BCUT2D eigenvalue weighted by Gasteiger charge is -2.31. The molecular weight excluding hydrogens is 478 g/mol. The van der Waals surface area contributed by atoms with Crippen LogP contribution in [0.2, 0.25) is 0 Å². The molecule has 0 bridgehead atoms. The third kappa shape index (κ3) is 4.59. The summed E-state index contributed by atoms with van der Waals surface area (Å²) in [6.07, 6.45) is 4.38. The minimum atomic E-state index is -2.64. The van der Waals surface area contributed by atoms with Crippen LogP contribution in [0, 0.1) is 6.92 Å². The number of hydrogen-bond donors (Lipinski definition) is 1. The molecule has 0 aliphatic carbocycles. The number of ether oxygens (including phenoxy) is 1. The largest absolute Gasteiger partial charge is 0.457 e. The fourth-order valence-corrected chi connectivity index (χ4v) is 4.41. The number of aryl methyl sites for hydroxylation is 2. The molecule has 1 saturated heterocycles. The van der Waals surface area contributed by atoms with Gasteiger partial charge in [-0.1, -0.05) is 0 Å². The first kappa shape index (κ1) is 23.0. The van der Waals surface area contributed by atoms with Crippen LogP contribution < -0.4 is 15.0 Å². The first-order valence-electron chi connectivity index (χ1n) is 11.9. The predicted molar refractivity (Wildman–Crippen MR) is 137 cm³/mol. The van der Waals surface area contributed by atoms with Gasteiger partial charge in [-0.3, -0.25) is 0 Å². The number of piperidine rings is 1. The van der Waals surface area contributed by atoms with Gasteiger partial charge in [0.15, 0.2) is 5.82 Å². The Hall–Kier alpha value is -4.41. The predicted octanol–water partition coefficient (Wildman–Crippen LogP) is 5.39. The number of imidazole rings is 1. The number of hydrogen-bond acceptors (Lipinski definition) is 8. The van der Waals surface area contributed by atoms with Gasteiger partial charge in [0.25, 0.3) is 5.92 Å². The first-order chi connectivity index (χ1) is 17.8. The number of nitrogens with one attached hydrogen (secondary N) is 1. The van der Waals surface area contributed by atoms with Crippen LogP contribution in [0.5, 0.6) is 11.5 Å². The number of aromatic nitrogens is 6. The Morgan fingerprint density at radius 1 is 0.973 bits per heavy atom. The summed E-state index contributed by atoms with van der Waals surface area (Å²) >= 11 is 0. The van der Waals surface area contributed by atoms with E-state index in [1.165, 1.54) is 6.33 Å². The highest BCUT2D eigenvalue weighted by atomic mass is 19.3. The van der Waals surface area contributed by atoms with Crippen molar-refractivity contribution in [3.63, 3.8) is 0 Å². The second kappa shape index (κ2) is 8.91. The molecule has 11 heteroatoms. The fraction of sp³-hybridized carbons (Fsp3) is 0.269. The topological polar surface area (TPSA) is 93.9 Å². The van der Waals surface area contributed by atoms with Gasteiger partial charge in [0.05, 0.1) is 23.6 Å². The van der Waals surface area contributed by atoms with Gasteiger partial charge in [-0.2, -0.15) is 0 Å². The second-order valence-corrected chi connectivity index (χ2v) is 9.18. The highest BCUT2D eigenvalue weighted by Crippen LogP contribution is 2.32. The molecule has 0 saturated carbocycles. The molecule has 2 aromatic carbocycles. The van der Waals surface area contributed by atoms with Gasteiger partial charge in [0.2, 0.25) is 5.95 Å². The van der Waals surface area contributed by atoms with E-state index in [-0.39, 0.29) is 25.9 Å². The molecule has 0 atom stereocenters. The summed E-state index contributed by atoms with van der Waals surface area (Å²) in [5, 5.41) is 3.30. The lowest BCUT2D eigenvalue weighted by molar-refractivity contribution is -0.0222. The SMILES string of the molecule is Cc1cc(Nc2ncnc3cnc(N4CCC(F)(F)CC4)nc23)ccc1Oc1ccc2c(c1)ncn2C. The van der Waals surface area contributed by atoms with Crippen molar-refractivity contribution >= 4 is 39.5 Å². The Bertz CT molecular complexity index is 1610. The van der Waals surface area contributed by atoms with E-state index >= 15 is 0 Å². The van der Waals surface area contributed by atoms with E-state index in [4.69, 9.17) is 4.74 Å². The van der Waals surface area contributed by atoms with Gasteiger partial charge in [-0.15, -0.1) is 0 Å². The van der Waals surface area contributed by atoms with E-state index in [0.29, 0.717) is 28.5 Å². The minimum absolute atomic E-state index is 0.197. The van der Waals surface area contributed by atoms with Gasteiger partial charge < -0.3 is 19.5 Å². The van der Waals surface area contributed by atoms with Crippen molar-refractivity contribution in [1.82, 2.24) is 29.5 Å². The van der Waals surface area contributed by atoms with Crippen LogP contribution in [0.3, 0.4) is 0 Å². The number of halogens is 2. The summed E-state index contributed by atoms with van der Waals surface area (Å²) in [7, 11) is 1.95. The van der Waals surface area contributed by atoms with Gasteiger partial charge in [0.1, 0.15) is 28.9 Å². The molecule has 188 valence electrons. The van der Waals surface area contributed by atoms with Crippen molar-refractivity contribution in [1.29, 1.82) is 0 Å². The van der Waals surface area contributed by atoms with Crippen molar-refractivity contribution in [2.24, 2.45) is 7.05 Å². The van der Waals surface area contributed by atoms with E-state index in [1.54, 1.807) is 17.4 Å². The Labute approximate surface area is 211 Å². The molecular formula is C26H24F2N8O. The number of benzene rings is 2. The van der Waals surface area contributed by atoms with Crippen LogP contribution in [0.25, 0.3) is 22.1 Å². The number of rotatable bonds is 5. The summed E-state index contributed by atoms with van der Waals surface area (Å²) < 4.78 is 35.3. The van der Waals surface area contributed by atoms with E-state index in [1.807, 2.05) is 54.9 Å². The normalized spacial score (nSPS) is 15.3. The molecule has 4 heterocycles. The molecule has 1 N–H and O–H groups in total. The lowest BCUT2D eigenvalue weighted by atomic mass is 10.1. The highest BCUT2D eigenvalue weighted by molar-refractivity contribution is 5.87. The Balaban J connectivity index is 1.23. The van der Waals surface area contributed by atoms with Crippen molar-refractivity contribution in [2.45, 2.75) is 25.7 Å². The van der Waals surface area contributed by atoms with Gasteiger partial charge >= 0.3 is 0 Å². The number of anilines is 3. The number of alkyl halides is 2. The van der Waals surface area contributed by atoms with Crippen molar-refractivity contribution < 1.29 is 13.5 Å². The second-order valence-electron chi connectivity index (χ2n) is 9.18. The Morgan fingerprint density at radius 2 is 1.81 bits per heavy atom. The minimum Gasteiger partial charge on any atom is -0.457 e. The van der Waals surface area contributed by atoms with Crippen molar-refractivity contribution in [3.8, 4) is 11.5 Å². The molecule has 9 nitrogen and oxygen atoms in total. The molecule has 1 fully saturated rings. The highest BCUT2D eigenvalue weighted by Gasteiger charge is 2.34. The molecule has 3 aromatic heterocycles. The molecule has 0 unspecified atom stereocenters. The Kier molecular flexibility index (Phi) is 5.54. The average molecular weight is 503 g/mol. The van der Waals surface area contributed by atoms with E-state index in [9.17, 15) is 8.78 Å². The zero-order chi connectivity index (χ0) is 25.6. The van der Waals surface area contributed by atoms with Crippen LogP contribution in [-0.2, 0) is 7.05 Å². The van der Waals surface area contributed by atoms with Crippen LogP contribution >= 0.6 is 0 Å². The first-order valence-corrected chi connectivity index (χ1v) is 11.9. The van der Waals surface area contributed by atoms with E-state index in [0.717, 1.165) is 28.0 Å². The van der Waals surface area contributed by atoms with Crippen LogP contribution in [0.4, 0.5) is 26.2 Å². The molecule has 0 radical (unpaired) electrons. The van der Waals surface area contributed by atoms with Crippen LogP contribution in [0.15, 0.2) is 55.2 Å². The summed E-state index contributed by atoms with van der Waals surface area (Å²) in [4.78, 5) is 23.7. The summed E-state index contributed by atoms with van der Waals surface area (Å²) in [6, 6.07) is 11.5.